The minimum Gasteiger partial charge on any atom is -0.352 e. The van der Waals surface area contributed by atoms with Crippen molar-refractivity contribution in [3.8, 4) is 0 Å². The van der Waals surface area contributed by atoms with Crippen LogP contribution < -0.4 is 5.32 Å². The maximum atomic E-state index is 12.0. The van der Waals surface area contributed by atoms with E-state index in [0.29, 0.717) is 13.0 Å². The van der Waals surface area contributed by atoms with Crippen LogP contribution in [0.15, 0.2) is 30.3 Å². The average Bonchev–Trinajstić information content (AvgIpc) is 2.77. The molecule has 0 bridgehead atoms. The third-order valence-corrected chi connectivity index (χ3v) is 3.55. The van der Waals surface area contributed by atoms with E-state index in [9.17, 15) is 4.79 Å². The highest BCUT2D eigenvalue weighted by atomic mass is 16.1. The number of amides is 1. The van der Waals surface area contributed by atoms with Crippen LogP contribution in [-0.2, 0) is 11.3 Å². The van der Waals surface area contributed by atoms with Gasteiger partial charge in [-0.15, -0.1) is 0 Å². The molecule has 2 rings (SSSR count). The van der Waals surface area contributed by atoms with E-state index in [1.165, 1.54) is 5.56 Å². The van der Waals surface area contributed by atoms with E-state index >= 15 is 0 Å². The maximum Gasteiger partial charge on any atom is 0.222 e. The molecule has 112 valence electrons. The zero-order valence-corrected chi connectivity index (χ0v) is 13.2. The molecule has 1 aromatic carbocycles. The summed E-state index contributed by atoms with van der Waals surface area (Å²) in [4.78, 5) is 12.0. The van der Waals surface area contributed by atoms with Crippen molar-refractivity contribution in [2.75, 3.05) is 0 Å². The topological polar surface area (TPSA) is 46.9 Å². The molecule has 1 atom stereocenters. The fourth-order valence-corrected chi connectivity index (χ4v) is 2.43. The van der Waals surface area contributed by atoms with Gasteiger partial charge in [0.2, 0.25) is 5.91 Å². The van der Waals surface area contributed by atoms with E-state index in [-0.39, 0.29) is 11.9 Å². The minimum absolute atomic E-state index is 0.0515. The van der Waals surface area contributed by atoms with Crippen LogP contribution in [0.3, 0.4) is 0 Å². The van der Waals surface area contributed by atoms with Crippen LogP contribution in [0.5, 0.6) is 0 Å². The largest absolute Gasteiger partial charge is 0.352 e. The Morgan fingerprint density at radius 1 is 1.24 bits per heavy atom. The lowest BCUT2D eigenvalue weighted by Gasteiger charge is -2.14. The molecule has 4 nitrogen and oxygen atoms in total. The SMILES string of the molecule is Cc1ccc(CNC(=O)C[C@H](C)n2nc(C)cc2C)cc1. The zero-order chi connectivity index (χ0) is 15.4. The molecule has 4 heteroatoms. The summed E-state index contributed by atoms with van der Waals surface area (Å²) in [5, 5.41) is 7.39. The van der Waals surface area contributed by atoms with Crippen molar-refractivity contribution in [3.05, 3.63) is 52.8 Å². The first-order valence-electron chi connectivity index (χ1n) is 7.30. The standard InChI is InChI=1S/C17H23N3O/c1-12-5-7-16(8-6-12)11-18-17(21)10-15(4)20-14(3)9-13(2)19-20/h5-9,15H,10-11H2,1-4H3,(H,18,21)/t15-/m0/s1. The van der Waals surface area contributed by atoms with Crippen molar-refractivity contribution in [1.29, 1.82) is 0 Å². The van der Waals surface area contributed by atoms with Crippen molar-refractivity contribution in [3.63, 3.8) is 0 Å². The van der Waals surface area contributed by atoms with Gasteiger partial charge in [-0.3, -0.25) is 9.48 Å². The van der Waals surface area contributed by atoms with E-state index in [1.807, 2.05) is 43.7 Å². The van der Waals surface area contributed by atoms with Gasteiger partial charge in [0.05, 0.1) is 11.7 Å². The summed E-state index contributed by atoms with van der Waals surface area (Å²) < 4.78 is 1.92. The molecule has 0 aliphatic carbocycles. The van der Waals surface area contributed by atoms with E-state index in [2.05, 4.69) is 29.5 Å². The summed E-state index contributed by atoms with van der Waals surface area (Å²) in [5.41, 5.74) is 4.42. The molecule has 1 heterocycles. The summed E-state index contributed by atoms with van der Waals surface area (Å²) in [6, 6.07) is 10.3. The van der Waals surface area contributed by atoms with Gasteiger partial charge >= 0.3 is 0 Å². The molecule has 0 radical (unpaired) electrons. The lowest BCUT2D eigenvalue weighted by molar-refractivity contribution is -0.122. The average molecular weight is 285 g/mol. The highest BCUT2D eigenvalue weighted by Gasteiger charge is 2.13. The van der Waals surface area contributed by atoms with Gasteiger partial charge in [0.25, 0.3) is 0 Å². The number of aryl methyl sites for hydroxylation is 3. The van der Waals surface area contributed by atoms with Gasteiger partial charge in [-0.1, -0.05) is 29.8 Å². The molecule has 0 saturated carbocycles. The summed E-state index contributed by atoms with van der Waals surface area (Å²) >= 11 is 0. The zero-order valence-electron chi connectivity index (χ0n) is 13.2. The Morgan fingerprint density at radius 3 is 2.48 bits per heavy atom. The van der Waals surface area contributed by atoms with Gasteiger partial charge in [-0.25, -0.2) is 0 Å². The summed E-state index contributed by atoms with van der Waals surface area (Å²) in [6.45, 7) is 8.63. The molecule has 0 fully saturated rings. The van der Waals surface area contributed by atoms with Crippen molar-refractivity contribution in [1.82, 2.24) is 15.1 Å². The number of benzene rings is 1. The predicted molar refractivity (Wildman–Crippen MR) is 84.1 cm³/mol. The Labute approximate surface area is 126 Å². The second kappa shape index (κ2) is 6.57. The fraction of sp³-hybridized carbons (Fsp3) is 0.412. The minimum atomic E-state index is 0.0515. The molecule has 21 heavy (non-hydrogen) atoms. The number of aromatic nitrogens is 2. The van der Waals surface area contributed by atoms with Crippen LogP contribution in [0.2, 0.25) is 0 Å². The molecule has 1 N–H and O–H groups in total. The van der Waals surface area contributed by atoms with Gasteiger partial charge in [0.15, 0.2) is 0 Å². The summed E-state index contributed by atoms with van der Waals surface area (Å²) in [7, 11) is 0. The first-order valence-corrected chi connectivity index (χ1v) is 7.30. The molecule has 1 aromatic heterocycles. The Hall–Kier alpha value is -2.10. The van der Waals surface area contributed by atoms with Gasteiger partial charge in [0, 0.05) is 18.7 Å². The normalized spacial score (nSPS) is 12.2. The van der Waals surface area contributed by atoms with Crippen LogP contribution in [0.1, 0.15) is 41.9 Å². The van der Waals surface area contributed by atoms with Gasteiger partial charge in [-0.05, 0) is 39.3 Å². The number of carbonyl (C=O) groups excluding carboxylic acids is 1. The van der Waals surface area contributed by atoms with Crippen LogP contribution in [0.4, 0.5) is 0 Å². The van der Waals surface area contributed by atoms with E-state index in [0.717, 1.165) is 17.0 Å². The second-order valence-corrected chi connectivity index (χ2v) is 5.69. The quantitative estimate of drug-likeness (QED) is 0.917. The smallest absolute Gasteiger partial charge is 0.222 e. The van der Waals surface area contributed by atoms with E-state index in [4.69, 9.17) is 0 Å². The Morgan fingerprint density at radius 2 is 1.90 bits per heavy atom. The second-order valence-electron chi connectivity index (χ2n) is 5.69. The van der Waals surface area contributed by atoms with Crippen molar-refractivity contribution < 1.29 is 4.79 Å². The number of hydrogen-bond acceptors (Lipinski definition) is 2. The highest BCUT2D eigenvalue weighted by Crippen LogP contribution is 2.14. The third-order valence-electron chi connectivity index (χ3n) is 3.55. The van der Waals surface area contributed by atoms with E-state index in [1.54, 1.807) is 0 Å². The molecular formula is C17H23N3O. The maximum absolute atomic E-state index is 12.0. The van der Waals surface area contributed by atoms with Gasteiger partial charge < -0.3 is 5.32 Å². The molecule has 2 aromatic rings. The Kier molecular flexibility index (Phi) is 4.78. The molecule has 0 unspecified atom stereocenters. The monoisotopic (exact) mass is 285 g/mol. The van der Waals surface area contributed by atoms with E-state index < -0.39 is 0 Å². The van der Waals surface area contributed by atoms with Crippen LogP contribution in [0.25, 0.3) is 0 Å². The Balaban J connectivity index is 1.87. The summed E-state index contributed by atoms with van der Waals surface area (Å²) in [5.74, 6) is 0.0515. The molecule has 0 aliphatic heterocycles. The number of nitrogens with zero attached hydrogens (tertiary/aromatic N) is 2. The lowest BCUT2D eigenvalue weighted by atomic mass is 10.1. The number of hydrogen-bond donors (Lipinski definition) is 1. The molecule has 0 spiro atoms. The fourth-order valence-electron chi connectivity index (χ4n) is 2.43. The number of rotatable bonds is 5. The molecule has 1 amide bonds. The molecule has 0 aliphatic rings. The Bertz CT molecular complexity index is 613. The van der Waals surface area contributed by atoms with Crippen molar-refractivity contribution in [2.24, 2.45) is 0 Å². The van der Waals surface area contributed by atoms with Crippen LogP contribution >= 0.6 is 0 Å². The van der Waals surface area contributed by atoms with Gasteiger partial charge in [-0.2, -0.15) is 5.10 Å². The molecule has 0 saturated heterocycles. The van der Waals surface area contributed by atoms with Crippen molar-refractivity contribution in [2.45, 2.75) is 46.7 Å². The van der Waals surface area contributed by atoms with Crippen LogP contribution in [0, 0.1) is 20.8 Å². The molecular weight excluding hydrogens is 262 g/mol. The lowest BCUT2D eigenvalue weighted by Crippen LogP contribution is -2.26. The van der Waals surface area contributed by atoms with Crippen LogP contribution in [-0.4, -0.2) is 15.7 Å². The van der Waals surface area contributed by atoms with Gasteiger partial charge in [0.1, 0.15) is 0 Å². The number of nitrogens with one attached hydrogen (secondary N) is 1. The third kappa shape index (κ3) is 4.18. The highest BCUT2D eigenvalue weighted by molar-refractivity contribution is 5.76. The van der Waals surface area contributed by atoms with Crippen molar-refractivity contribution >= 4 is 5.91 Å². The predicted octanol–water partition coefficient (Wildman–Crippen LogP) is 3.08. The first-order chi connectivity index (χ1) is 9.95. The summed E-state index contributed by atoms with van der Waals surface area (Å²) in [6.07, 6.45) is 0.438. The first kappa shape index (κ1) is 15.3. The number of carbonyl (C=O) groups is 1.